The number of hydrogen-bond donors (Lipinski definition) is 0. The molecule has 0 aliphatic heterocycles. The van der Waals surface area contributed by atoms with E-state index < -0.39 is 0 Å². The molecule has 0 aromatic carbocycles. The van der Waals surface area contributed by atoms with Gasteiger partial charge in [0, 0.05) is 5.01 Å². The largest absolute Gasteiger partial charge is 0.498 e. The highest BCUT2D eigenvalue weighted by Gasteiger charge is 2.11. The van der Waals surface area contributed by atoms with Gasteiger partial charge < -0.3 is 5.21 Å². The average molecular weight is 99.1 g/mol. The van der Waals surface area contributed by atoms with Gasteiger partial charge in [-0.15, -0.1) is 0 Å². The van der Waals surface area contributed by atoms with Crippen LogP contribution < -0.4 is 0 Å². The van der Waals surface area contributed by atoms with Crippen LogP contribution in [0.5, 0.6) is 0 Å². The molecule has 0 N–H and O–H groups in total. The lowest BCUT2D eigenvalue weighted by molar-refractivity contribution is 0.570. The Labute approximate surface area is 43.5 Å². The Bertz CT molecular complexity index is 101. The lowest BCUT2D eigenvalue weighted by Gasteiger charge is -1.96. The summed E-state index contributed by atoms with van der Waals surface area (Å²) in [7, 11) is 0. The lowest BCUT2D eigenvalue weighted by Crippen LogP contribution is -1.97. The zero-order valence-electron chi connectivity index (χ0n) is 4.86. The van der Waals surface area contributed by atoms with E-state index >= 15 is 0 Å². The topological polar surface area (TPSA) is 27.4 Å². The molecule has 0 spiro atoms. The first-order valence-electron chi connectivity index (χ1n) is 2.16. The number of hydrogen-bond acceptors (Lipinski definition) is 1. The first-order valence-corrected chi connectivity index (χ1v) is 2.16. The van der Waals surface area contributed by atoms with Crippen LogP contribution in [0.4, 0.5) is 0 Å². The van der Waals surface area contributed by atoms with Gasteiger partial charge in [0.25, 0.3) is 0 Å². The molecule has 0 saturated carbocycles. The molecule has 0 fully saturated rings. The van der Waals surface area contributed by atoms with E-state index in [0.717, 1.165) is 0 Å². The molecule has 2 heteroatoms. The molecule has 7 heavy (non-hydrogen) atoms. The fourth-order valence-electron chi connectivity index (χ4n) is 0.137. The molecule has 0 atom stereocenters. The Kier molecular flexibility index (Phi) is 1.65. The predicted octanol–water partition coefficient (Wildman–Crippen LogP) is 1.86. The Balaban J connectivity index is 3.72. The molecular weight excluding hydrogens is 90.1 g/mol. The van der Waals surface area contributed by atoms with Gasteiger partial charge in [0.1, 0.15) is 0 Å². The third kappa shape index (κ3) is 5.29. The predicted molar refractivity (Wildman–Crippen MR) is 30.1 cm³/mol. The summed E-state index contributed by atoms with van der Waals surface area (Å²) in [5.74, 6) is 0. The van der Waals surface area contributed by atoms with Gasteiger partial charge in [-0.1, -0.05) is 0 Å². The number of rotatable bonds is 0. The van der Waals surface area contributed by atoms with E-state index in [0.29, 0.717) is 0 Å². The van der Waals surface area contributed by atoms with E-state index in [1.54, 1.807) is 0 Å². The molecular formula is C5H9NO. The monoisotopic (exact) mass is 99.1 g/mol. The smallest absolute Gasteiger partial charge is 0.304 e. The molecule has 0 bridgehead atoms. The molecule has 0 radical (unpaired) electrons. The van der Waals surface area contributed by atoms with Crippen LogP contribution in [0.1, 0.15) is 20.8 Å². The van der Waals surface area contributed by atoms with Crippen molar-refractivity contribution in [2.75, 3.05) is 0 Å². The molecule has 2 nitrogen and oxygen atoms in total. The number of nitrogens with zero attached hydrogens (tertiary/aromatic N) is 1. The molecule has 0 amide bonds. The minimum Gasteiger partial charge on any atom is -0.498 e. The highest BCUT2D eigenvalue weighted by atomic mass is 16.4. The third-order valence-electron chi connectivity index (χ3n) is 0.381. The summed E-state index contributed by atoms with van der Waals surface area (Å²) >= 11 is 0. The fourth-order valence-corrected chi connectivity index (χ4v) is 0.137. The Hall–Kier alpha value is -0.710. The van der Waals surface area contributed by atoms with Crippen LogP contribution in [0.15, 0.2) is 0 Å². The molecule has 0 rings (SSSR count). The molecule has 40 valence electrons. The first kappa shape index (κ1) is 6.29. The SMILES string of the molecule is CC(C)(C)C#[N+][O-]. The first-order chi connectivity index (χ1) is 3.06. The molecule has 0 aromatic heterocycles. The van der Waals surface area contributed by atoms with Gasteiger partial charge in [0.15, 0.2) is 0 Å². The maximum Gasteiger partial charge on any atom is 0.304 e. The van der Waals surface area contributed by atoms with E-state index in [9.17, 15) is 5.21 Å². The van der Waals surface area contributed by atoms with Gasteiger partial charge in [-0.3, -0.25) is 0 Å². The second kappa shape index (κ2) is 1.83. The van der Waals surface area contributed by atoms with Crippen molar-refractivity contribution in [2.24, 2.45) is 5.41 Å². The third-order valence-corrected chi connectivity index (χ3v) is 0.381. The van der Waals surface area contributed by atoms with Crippen molar-refractivity contribution in [3.05, 3.63) is 10.2 Å². The van der Waals surface area contributed by atoms with E-state index in [-0.39, 0.29) is 5.41 Å². The minimum absolute atomic E-state index is 0.179. The van der Waals surface area contributed by atoms with Crippen molar-refractivity contribution < 1.29 is 0 Å². The Morgan fingerprint density at radius 1 is 1.43 bits per heavy atom. The molecule has 0 aliphatic rings. The zero-order chi connectivity index (χ0) is 5.91. The molecule has 0 aromatic rings. The Morgan fingerprint density at radius 2 is 1.86 bits per heavy atom. The summed E-state index contributed by atoms with van der Waals surface area (Å²) in [5.41, 5.74) is -0.179. The van der Waals surface area contributed by atoms with Gasteiger partial charge in [-0.2, -0.15) is 0 Å². The van der Waals surface area contributed by atoms with Crippen LogP contribution in [0, 0.1) is 16.7 Å². The van der Waals surface area contributed by atoms with Crippen LogP contribution in [-0.4, -0.2) is 0 Å². The molecule has 0 saturated heterocycles. The molecule has 0 unspecified atom stereocenters. The van der Waals surface area contributed by atoms with E-state index in [1.165, 1.54) is 0 Å². The summed E-state index contributed by atoms with van der Waals surface area (Å²) in [5, 5.41) is 12.0. The van der Waals surface area contributed by atoms with Crippen LogP contribution in [0.3, 0.4) is 0 Å². The second-order valence-electron chi connectivity index (χ2n) is 2.45. The van der Waals surface area contributed by atoms with Gasteiger partial charge in [0.2, 0.25) is 0 Å². The van der Waals surface area contributed by atoms with Gasteiger partial charge in [-0.05, 0) is 20.8 Å². The fraction of sp³-hybridized carbons (Fsp3) is 0.800. The normalized spacial score (nSPS) is 9.57. The lowest BCUT2D eigenvalue weighted by atomic mass is 10.0. The van der Waals surface area contributed by atoms with Crippen LogP contribution in [-0.2, 0) is 0 Å². The minimum atomic E-state index is -0.179. The zero-order valence-corrected chi connectivity index (χ0v) is 4.86. The van der Waals surface area contributed by atoms with Crippen molar-refractivity contribution in [3.8, 4) is 6.07 Å². The van der Waals surface area contributed by atoms with Crippen LogP contribution in [0.25, 0.3) is 5.01 Å². The van der Waals surface area contributed by atoms with Crippen molar-refractivity contribution in [1.29, 1.82) is 0 Å². The molecule has 0 aliphatic carbocycles. The summed E-state index contributed by atoms with van der Waals surface area (Å²) < 4.78 is 0. The van der Waals surface area contributed by atoms with E-state index in [1.807, 2.05) is 20.8 Å². The van der Waals surface area contributed by atoms with Crippen molar-refractivity contribution in [1.82, 2.24) is 0 Å². The van der Waals surface area contributed by atoms with Gasteiger partial charge in [-0.25, -0.2) is 0 Å². The quantitative estimate of drug-likeness (QED) is 0.426. The van der Waals surface area contributed by atoms with Crippen molar-refractivity contribution >= 4 is 0 Å². The van der Waals surface area contributed by atoms with Crippen molar-refractivity contribution in [2.45, 2.75) is 20.8 Å². The average Bonchev–Trinajstić information content (AvgIpc) is 1.30. The summed E-state index contributed by atoms with van der Waals surface area (Å²) in [6.07, 6.45) is 0. The molecule has 0 heterocycles. The van der Waals surface area contributed by atoms with Crippen LogP contribution >= 0.6 is 0 Å². The summed E-state index contributed by atoms with van der Waals surface area (Å²) in [6, 6.07) is 2.35. The second-order valence-corrected chi connectivity index (χ2v) is 2.45. The summed E-state index contributed by atoms with van der Waals surface area (Å²) in [4.78, 5) is 0. The van der Waals surface area contributed by atoms with Crippen LogP contribution in [0.2, 0.25) is 0 Å². The summed E-state index contributed by atoms with van der Waals surface area (Å²) in [6.45, 7) is 5.61. The highest BCUT2D eigenvalue weighted by molar-refractivity contribution is 4.98. The standard InChI is InChI=1S/C5H9NO/c1-5(2,3)4-6-7/h1-3H3. The maximum absolute atomic E-state index is 9.46. The van der Waals surface area contributed by atoms with Crippen molar-refractivity contribution in [3.63, 3.8) is 0 Å². The van der Waals surface area contributed by atoms with Gasteiger partial charge in [0.05, 0.1) is 5.41 Å². The van der Waals surface area contributed by atoms with Gasteiger partial charge >= 0.3 is 6.07 Å². The maximum atomic E-state index is 9.46. The van der Waals surface area contributed by atoms with E-state index in [4.69, 9.17) is 0 Å². The van der Waals surface area contributed by atoms with E-state index in [2.05, 4.69) is 11.1 Å². The highest BCUT2D eigenvalue weighted by Crippen LogP contribution is 2.09. The Morgan fingerprint density at radius 3 is 1.86 bits per heavy atom.